The molecule has 0 radical (unpaired) electrons. The SMILES string of the molecule is C1COC(C2(N3CCCC3)CSCCN2N2CCOCC2)C1. The minimum absolute atomic E-state index is 0.0905. The molecule has 22 heavy (non-hydrogen) atoms. The van der Waals surface area contributed by atoms with Crippen LogP contribution in [-0.2, 0) is 9.47 Å². The van der Waals surface area contributed by atoms with E-state index in [1.165, 1.54) is 50.3 Å². The summed E-state index contributed by atoms with van der Waals surface area (Å²) in [6, 6.07) is 0. The van der Waals surface area contributed by atoms with Crippen molar-refractivity contribution in [2.75, 3.05) is 64.1 Å². The summed E-state index contributed by atoms with van der Waals surface area (Å²) in [5, 5.41) is 5.27. The number of thioether (sulfide) groups is 1. The Balaban J connectivity index is 1.64. The van der Waals surface area contributed by atoms with Gasteiger partial charge in [0.05, 0.1) is 19.3 Å². The summed E-state index contributed by atoms with van der Waals surface area (Å²) >= 11 is 2.12. The second kappa shape index (κ2) is 6.95. The van der Waals surface area contributed by atoms with Gasteiger partial charge in [-0.2, -0.15) is 11.8 Å². The quantitative estimate of drug-likeness (QED) is 0.775. The van der Waals surface area contributed by atoms with E-state index in [1.807, 2.05) is 0 Å². The average Bonchev–Trinajstić information content (AvgIpc) is 3.29. The lowest BCUT2D eigenvalue weighted by Crippen LogP contribution is -2.74. The molecular weight excluding hydrogens is 298 g/mol. The molecule has 4 fully saturated rings. The molecule has 126 valence electrons. The van der Waals surface area contributed by atoms with E-state index in [0.29, 0.717) is 6.10 Å². The third-order valence-electron chi connectivity index (χ3n) is 5.64. The minimum Gasteiger partial charge on any atom is -0.379 e. The molecule has 0 saturated carbocycles. The largest absolute Gasteiger partial charge is 0.379 e. The van der Waals surface area contributed by atoms with Crippen LogP contribution in [0.5, 0.6) is 0 Å². The molecule has 0 aromatic rings. The van der Waals surface area contributed by atoms with E-state index >= 15 is 0 Å². The molecule has 4 heterocycles. The fourth-order valence-electron chi connectivity index (χ4n) is 4.59. The smallest absolute Gasteiger partial charge is 0.123 e. The maximum absolute atomic E-state index is 6.27. The Kier molecular flexibility index (Phi) is 4.95. The Morgan fingerprint density at radius 1 is 0.909 bits per heavy atom. The molecule has 0 N–H and O–H groups in total. The minimum atomic E-state index is 0.0905. The first-order valence-corrected chi connectivity index (χ1v) is 10.1. The van der Waals surface area contributed by atoms with Gasteiger partial charge in [-0.05, 0) is 25.7 Å². The summed E-state index contributed by atoms with van der Waals surface area (Å²) in [5.74, 6) is 2.43. The van der Waals surface area contributed by atoms with Crippen molar-refractivity contribution < 1.29 is 9.47 Å². The number of likely N-dealkylation sites (tertiary alicyclic amines) is 1. The van der Waals surface area contributed by atoms with Crippen molar-refractivity contribution >= 4 is 11.8 Å². The van der Waals surface area contributed by atoms with Crippen molar-refractivity contribution in [1.29, 1.82) is 0 Å². The summed E-state index contributed by atoms with van der Waals surface area (Å²) in [6.45, 7) is 8.38. The van der Waals surface area contributed by atoms with E-state index in [9.17, 15) is 0 Å². The van der Waals surface area contributed by atoms with E-state index in [-0.39, 0.29) is 5.66 Å². The molecule has 0 spiro atoms. The molecule has 0 bridgehead atoms. The second-order valence-electron chi connectivity index (χ2n) is 6.82. The van der Waals surface area contributed by atoms with Gasteiger partial charge in [0.1, 0.15) is 5.66 Å². The van der Waals surface area contributed by atoms with Crippen molar-refractivity contribution in [3.05, 3.63) is 0 Å². The van der Waals surface area contributed by atoms with Crippen molar-refractivity contribution in [2.45, 2.75) is 37.5 Å². The molecule has 2 atom stereocenters. The molecule has 0 aliphatic carbocycles. The van der Waals surface area contributed by atoms with Gasteiger partial charge < -0.3 is 9.47 Å². The van der Waals surface area contributed by atoms with E-state index in [1.54, 1.807) is 0 Å². The van der Waals surface area contributed by atoms with E-state index in [2.05, 4.69) is 26.7 Å². The Hall–Kier alpha value is 0.150. The van der Waals surface area contributed by atoms with Crippen molar-refractivity contribution in [3.8, 4) is 0 Å². The normalized spacial score (nSPS) is 39.5. The van der Waals surface area contributed by atoms with E-state index in [4.69, 9.17) is 9.47 Å². The second-order valence-corrected chi connectivity index (χ2v) is 7.92. The molecule has 2 unspecified atom stereocenters. The van der Waals surface area contributed by atoms with Crippen LogP contribution in [0.1, 0.15) is 25.7 Å². The maximum Gasteiger partial charge on any atom is 0.123 e. The number of hydrogen-bond acceptors (Lipinski definition) is 6. The highest BCUT2D eigenvalue weighted by atomic mass is 32.2. The van der Waals surface area contributed by atoms with Crippen LogP contribution in [0.2, 0.25) is 0 Å². The first kappa shape index (κ1) is 15.7. The van der Waals surface area contributed by atoms with Crippen LogP contribution in [0.25, 0.3) is 0 Å². The average molecular weight is 327 g/mol. The summed E-state index contributed by atoms with van der Waals surface area (Å²) in [5.41, 5.74) is 0.0905. The molecule has 4 rings (SSSR count). The zero-order chi connectivity index (χ0) is 14.8. The number of rotatable bonds is 3. The molecule has 0 aromatic carbocycles. The summed E-state index contributed by atoms with van der Waals surface area (Å²) in [6.07, 6.45) is 5.51. The highest BCUT2D eigenvalue weighted by Gasteiger charge is 2.54. The Labute approximate surface area is 138 Å². The van der Waals surface area contributed by atoms with Gasteiger partial charge >= 0.3 is 0 Å². The highest BCUT2D eigenvalue weighted by Crippen LogP contribution is 2.41. The number of hydrogen-bond donors (Lipinski definition) is 0. The van der Waals surface area contributed by atoms with Gasteiger partial charge in [-0.3, -0.25) is 4.90 Å². The van der Waals surface area contributed by atoms with E-state index < -0.39 is 0 Å². The third-order valence-corrected chi connectivity index (χ3v) is 6.74. The molecular formula is C16H29N3O2S. The number of nitrogens with zero attached hydrogens (tertiary/aromatic N) is 3. The predicted octanol–water partition coefficient (Wildman–Crippen LogP) is 1.25. The zero-order valence-electron chi connectivity index (χ0n) is 13.5. The zero-order valence-corrected chi connectivity index (χ0v) is 14.4. The number of ether oxygens (including phenoxy) is 2. The number of morpholine rings is 1. The third kappa shape index (κ3) is 2.72. The first-order valence-electron chi connectivity index (χ1n) is 8.96. The Morgan fingerprint density at radius 2 is 1.73 bits per heavy atom. The van der Waals surface area contributed by atoms with Gasteiger partial charge in [0.2, 0.25) is 0 Å². The van der Waals surface area contributed by atoms with Gasteiger partial charge in [0.15, 0.2) is 0 Å². The molecule has 5 nitrogen and oxygen atoms in total. The van der Waals surface area contributed by atoms with Crippen molar-refractivity contribution in [2.24, 2.45) is 0 Å². The van der Waals surface area contributed by atoms with Crippen LogP contribution in [0.4, 0.5) is 0 Å². The van der Waals surface area contributed by atoms with Gasteiger partial charge in [-0.25, -0.2) is 10.0 Å². The lowest BCUT2D eigenvalue weighted by molar-refractivity contribution is -0.222. The summed E-state index contributed by atoms with van der Waals surface area (Å²) in [4.78, 5) is 2.75. The first-order chi connectivity index (χ1) is 10.9. The molecule has 0 aromatic heterocycles. The van der Waals surface area contributed by atoms with Gasteiger partial charge in [-0.15, -0.1) is 0 Å². The Morgan fingerprint density at radius 3 is 2.45 bits per heavy atom. The standard InChI is InChI=1S/C16H29N3O2S/c1-2-6-17(5-1)16(15-4-3-10-21-15)14-22-13-9-19(16)18-7-11-20-12-8-18/h15H,1-14H2. The maximum atomic E-state index is 6.27. The van der Waals surface area contributed by atoms with Crippen LogP contribution in [0.15, 0.2) is 0 Å². The van der Waals surface area contributed by atoms with Crippen molar-refractivity contribution in [1.82, 2.24) is 14.9 Å². The lowest BCUT2D eigenvalue weighted by atomic mass is 9.98. The molecule has 4 aliphatic rings. The monoisotopic (exact) mass is 327 g/mol. The van der Waals surface area contributed by atoms with E-state index in [0.717, 1.165) is 39.5 Å². The van der Waals surface area contributed by atoms with Gasteiger partial charge in [0.25, 0.3) is 0 Å². The molecule has 4 aliphatic heterocycles. The van der Waals surface area contributed by atoms with Crippen LogP contribution >= 0.6 is 11.8 Å². The molecule has 0 amide bonds. The summed E-state index contributed by atoms with van der Waals surface area (Å²) < 4.78 is 11.9. The topological polar surface area (TPSA) is 28.2 Å². The summed E-state index contributed by atoms with van der Waals surface area (Å²) in [7, 11) is 0. The van der Waals surface area contributed by atoms with Crippen LogP contribution < -0.4 is 0 Å². The number of hydrazine groups is 1. The Bertz CT molecular complexity index is 350. The van der Waals surface area contributed by atoms with Crippen LogP contribution in [0, 0.1) is 0 Å². The fourth-order valence-corrected chi connectivity index (χ4v) is 5.85. The predicted molar refractivity (Wildman–Crippen MR) is 88.9 cm³/mol. The van der Waals surface area contributed by atoms with Crippen LogP contribution in [0.3, 0.4) is 0 Å². The highest BCUT2D eigenvalue weighted by molar-refractivity contribution is 7.99. The van der Waals surface area contributed by atoms with Gasteiger partial charge in [-0.1, -0.05) is 0 Å². The van der Waals surface area contributed by atoms with Crippen molar-refractivity contribution in [3.63, 3.8) is 0 Å². The fraction of sp³-hybridized carbons (Fsp3) is 1.00. The molecule has 4 saturated heterocycles. The molecule has 6 heteroatoms. The van der Waals surface area contributed by atoms with Gasteiger partial charge in [0, 0.05) is 50.8 Å². The van der Waals surface area contributed by atoms with Crippen LogP contribution in [-0.4, -0.2) is 90.7 Å². The lowest BCUT2D eigenvalue weighted by Gasteiger charge is -2.58.